The minimum Gasteiger partial charge on any atom is -0.493 e. The van der Waals surface area contributed by atoms with Crippen molar-refractivity contribution in [2.75, 3.05) is 20.3 Å². The third-order valence-corrected chi connectivity index (χ3v) is 3.09. The summed E-state index contributed by atoms with van der Waals surface area (Å²) in [4.78, 5) is 11.7. The van der Waals surface area contributed by atoms with Crippen molar-refractivity contribution < 1.29 is 23.4 Å². The van der Waals surface area contributed by atoms with Crippen LogP contribution in [0.5, 0.6) is 17.2 Å². The molecule has 0 radical (unpaired) electrons. The number of carbonyl (C=O) groups excluding carboxylic acids is 1. The number of para-hydroxylation sites is 1. The van der Waals surface area contributed by atoms with Crippen molar-refractivity contribution in [3.8, 4) is 17.2 Å². The fourth-order valence-corrected chi connectivity index (χ4v) is 1.96. The molecular weight excluding hydrogens is 327 g/mol. The molecule has 25 heavy (non-hydrogen) atoms. The number of carbonyl (C=O) groups is 1. The van der Waals surface area contributed by atoms with Gasteiger partial charge in [0.25, 0.3) is 5.91 Å². The van der Waals surface area contributed by atoms with E-state index in [9.17, 15) is 9.18 Å². The normalized spacial score (nSPS) is 10.5. The van der Waals surface area contributed by atoms with Crippen molar-refractivity contribution in [3.63, 3.8) is 0 Å². The van der Waals surface area contributed by atoms with Crippen LogP contribution in [0, 0.1) is 5.82 Å². The van der Waals surface area contributed by atoms with E-state index in [4.69, 9.17) is 14.2 Å². The van der Waals surface area contributed by atoms with E-state index >= 15 is 0 Å². The molecule has 0 aliphatic rings. The second-order valence-electron chi connectivity index (χ2n) is 4.86. The molecule has 7 heteroatoms. The molecule has 0 saturated carbocycles. The SMILES string of the molecule is CCOc1cc(/C=N\NC(=O)COc2ccccc2F)ccc1OC. The first-order chi connectivity index (χ1) is 12.1. The molecule has 0 aliphatic heterocycles. The average Bonchev–Trinajstić information content (AvgIpc) is 2.61. The van der Waals surface area contributed by atoms with E-state index in [1.165, 1.54) is 24.4 Å². The summed E-state index contributed by atoms with van der Waals surface area (Å²) in [6.45, 7) is 2.03. The van der Waals surface area contributed by atoms with Crippen LogP contribution in [-0.4, -0.2) is 32.4 Å². The van der Waals surface area contributed by atoms with Crippen LogP contribution in [0.25, 0.3) is 0 Å². The van der Waals surface area contributed by atoms with Gasteiger partial charge in [0.2, 0.25) is 0 Å². The molecule has 0 fully saturated rings. The van der Waals surface area contributed by atoms with Crippen LogP contribution in [0.1, 0.15) is 12.5 Å². The smallest absolute Gasteiger partial charge is 0.277 e. The molecule has 2 aromatic carbocycles. The number of hydrogen-bond donors (Lipinski definition) is 1. The maximum Gasteiger partial charge on any atom is 0.277 e. The van der Waals surface area contributed by atoms with E-state index in [2.05, 4.69) is 10.5 Å². The predicted octanol–water partition coefficient (Wildman–Crippen LogP) is 2.76. The number of benzene rings is 2. The highest BCUT2D eigenvalue weighted by molar-refractivity contribution is 5.83. The van der Waals surface area contributed by atoms with Crippen LogP contribution < -0.4 is 19.6 Å². The van der Waals surface area contributed by atoms with Crippen LogP contribution in [0.2, 0.25) is 0 Å². The Morgan fingerprint density at radius 2 is 1.96 bits per heavy atom. The lowest BCUT2D eigenvalue weighted by atomic mass is 10.2. The van der Waals surface area contributed by atoms with Crippen molar-refractivity contribution in [1.82, 2.24) is 5.43 Å². The van der Waals surface area contributed by atoms with Crippen LogP contribution in [0.15, 0.2) is 47.6 Å². The maximum absolute atomic E-state index is 13.4. The van der Waals surface area contributed by atoms with Crippen LogP contribution in [-0.2, 0) is 4.79 Å². The van der Waals surface area contributed by atoms with E-state index < -0.39 is 11.7 Å². The Balaban J connectivity index is 1.88. The Bertz CT molecular complexity index is 750. The average molecular weight is 346 g/mol. The highest BCUT2D eigenvalue weighted by atomic mass is 19.1. The Morgan fingerprint density at radius 3 is 2.68 bits per heavy atom. The Labute approximate surface area is 145 Å². The zero-order chi connectivity index (χ0) is 18.1. The summed E-state index contributed by atoms with van der Waals surface area (Å²) in [6, 6.07) is 11.1. The summed E-state index contributed by atoms with van der Waals surface area (Å²) in [5.74, 6) is 0.182. The first-order valence-electron chi connectivity index (χ1n) is 7.64. The van der Waals surface area contributed by atoms with Gasteiger partial charge in [-0.25, -0.2) is 9.82 Å². The summed E-state index contributed by atoms with van der Waals surface area (Å²) >= 11 is 0. The molecule has 0 atom stereocenters. The molecule has 0 unspecified atom stereocenters. The molecular formula is C18H19FN2O4. The van der Waals surface area contributed by atoms with Gasteiger partial charge < -0.3 is 14.2 Å². The molecule has 1 N–H and O–H groups in total. The fraction of sp³-hybridized carbons (Fsp3) is 0.222. The Kier molecular flexibility index (Phi) is 6.76. The predicted molar refractivity (Wildman–Crippen MR) is 91.8 cm³/mol. The van der Waals surface area contributed by atoms with Gasteiger partial charge in [-0.2, -0.15) is 5.10 Å². The molecule has 1 amide bonds. The molecule has 0 spiro atoms. The molecule has 6 nitrogen and oxygen atoms in total. The van der Waals surface area contributed by atoms with Gasteiger partial charge in [-0.1, -0.05) is 12.1 Å². The van der Waals surface area contributed by atoms with Gasteiger partial charge in [0, 0.05) is 0 Å². The second-order valence-corrected chi connectivity index (χ2v) is 4.86. The molecule has 0 saturated heterocycles. The zero-order valence-corrected chi connectivity index (χ0v) is 14.0. The van der Waals surface area contributed by atoms with Gasteiger partial charge in [-0.3, -0.25) is 4.79 Å². The van der Waals surface area contributed by atoms with Crippen molar-refractivity contribution in [3.05, 3.63) is 53.8 Å². The summed E-state index contributed by atoms with van der Waals surface area (Å²) in [7, 11) is 1.56. The third-order valence-electron chi connectivity index (χ3n) is 3.09. The molecule has 0 heterocycles. The van der Waals surface area contributed by atoms with E-state index in [1.807, 2.05) is 6.92 Å². The van der Waals surface area contributed by atoms with Crippen molar-refractivity contribution in [2.45, 2.75) is 6.92 Å². The van der Waals surface area contributed by atoms with Crippen LogP contribution in [0.4, 0.5) is 4.39 Å². The monoisotopic (exact) mass is 346 g/mol. The number of nitrogens with one attached hydrogen (secondary N) is 1. The first kappa shape index (κ1) is 18.3. The summed E-state index contributed by atoms with van der Waals surface area (Å²) < 4.78 is 29.1. The number of methoxy groups -OCH3 is 1. The first-order valence-corrected chi connectivity index (χ1v) is 7.64. The highest BCUT2D eigenvalue weighted by Gasteiger charge is 2.06. The molecule has 2 rings (SSSR count). The van der Waals surface area contributed by atoms with Crippen LogP contribution >= 0.6 is 0 Å². The second kappa shape index (κ2) is 9.27. The summed E-state index contributed by atoms with van der Waals surface area (Å²) in [6.07, 6.45) is 1.46. The standard InChI is InChI=1S/C18H19FN2O4/c1-3-24-17-10-13(8-9-16(17)23-2)11-20-21-18(22)12-25-15-7-5-4-6-14(15)19/h4-11H,3,12H2,1-2H3,(H,21,22)/b20-11-. The number of nitrogens with zero attached hydrogens (tertiary/aromatic N) is 1. The lowest BCUT2D eigenvalue weighted by Crippen LogP contribution is -2.24. The van der Waals surface area contributed by atoms with Crippen molar-refractivity contribution in [1.29, 1.82) is 0 Å². The number of hydrogen-bond acceptors (Lipinski definition) is 5. The molecule has 2 aromatic rings. The third kappa shape index (κ3) is 5.49. The van der Waals surface area contributed by atoms with E-state index in [0.717, 1.165) is 5.56 Å². The van der Waals surface area contributed by atoms with Gasteiger partial charge in [-0.15, -0.1) is 0 Å². The molecule has 0 bridgehead atoms. The molecule has 0 aromatic heterocycles. The minimum absolute atomic E-state index is 0.0122. The number of halogens is 1. The Morgan fingerprint density at radius 1 is 1.16 bits per heavy atom. The fourth-order valence-electron chi connectivity index (χ4n) is 1.96. The van der Waals surface area contributed by atoms with Gasteiger partial charge in [0.05, 0.1) is 19.9 Å². The van der Waals surface area contributed by atoms with Crippen molar-refractivity contribution >= 4 is 12.1 Å². The lowest BCUT2D eigenvalue weighted by Gasteiger charge is -2.09. The maximum atomic E-state index is 13.4. The quantitative estimate of drug-likeness (QED) is 0.589. The van der Waals surface area contributed by atoms with E-state index in [0.29, 0.717) is 18.1 Å². The number of amides is 1. The van der Waals surface area contributed by atoms with E-state index in [-0.39, 0.29) is 12.4 Å². The lowest BCUT2D eigenvalue weighted by molar-refractivity contribution is -0.123. The minimum atomic E-state index is -0.527. The highest BCUT2D eigenvalue weighted by Crippen LogP contribution is 2.27. The topological polar surface area (TPSA) is 69.2 Å². The van der Waals surface area contributed by atoms with E-state index in [1.54, 1.807) is 31.4 Å². The van der Waals surface area contributed by atoms with Crippen molar-refractivity contribution in [2.24, 2.45) is 5.10 Å². The largest absolute Gasteiger partial charge is 0.493 e. The molecule has 0 aliphatic carbocycles. The Hall–Kier alpha value is -3.09. The summed E-state index contributed by atoms with van der Waals surface area (Å²) in [5, 5.41) is 3.84. The molecule has 132 valence electrons. The number of ether oxygens (including phenoxy) is 3. The number of hydrazone groups is 1. The van der Waals surface area contributed by atoms with Gasteiger partial charge in [0.1, 0.15) is 0 Å². The zero-order valence-electron chi connectivity index (χ0n) is 14.0. The summed E-state index contributed by atoms with van der Waals surface area (Å²) in [5.41, 5.74) is 3.03. The number of rotatable bonds is 8. The van der Waals surface area contributed by atoms with Gasteiger partial charge >= 0.3 is 0 Å². The van der Waals surface area contributed by atoms with Gasteiger partial charge in [0.15, 0.2) is 29.7 Å². The van der Waals surface area contributed by atoms with Crippen LogP contribution in [0.3, 0.4) is 0 Å². The van der Waals surface area contributed by atoms with Gasteiger partial charge in [-0.05, 0) is 42.8 Å².